The molecule has 5 aliphatic rings. The fraction of sp³-hybridized carbons (Fsp3) is 0.947. The van der Waals surface area contributed by atoms with Crippen LogP contribution in [-0.4, -0.2) is 17.5 Å². The van der Waals surface area contributed by atoms with E-state index in [1.165, 1.54) is 51.4 Å². The quantitative estimate of drug-likeness (QED) is 0.270. The van der Waals surface area contributed by atoms with Gasteiger partial charge in [0.15, 0.2) is 6.29 Å². The van der Waals surface area contributed by atoms with Crippen molar-refractivity contribution in [3.8, 4) is 0 Å². The maximum absolute atomic E-state index is 11.8. The normalized spacial score (nSPS) is 50.8. The summed E-state index contributed by atoms with van der Waals surface area (Å²) in [6.45, 7) is 28.2. The summed E-state index contributed by atoms with van der Waals surface area (Å²) in [5.41, 5.74) is 3.50. The van der Waals surface area contributed by atoms with Gasteiger partial charge in [-0.2, -0.15) is 0 Å². The fourth-order valence-corrected chi connectivity index (χ4v) is 13.5. The zero-order valence-electron chi connectivity index (χ0n) is 28.4. The monoisotopic (exact) mass is 555 g/mol. The van der Waals surface area contributed by atoms with Gasteiger partial charge in [0.05, 0.1) is 6.10 Å². The number of aliphatic hydroxyl groups excluding tert-OH is 1. The molecule has 40 heavy (non-hydrogen) atoms. The Hall–Kier alpha value is -0.340. The van der Waals surface area contributed by atoms with E-state index in [4.69, 9.17) is 4.74 Å². The van der Waals surface area contributed by atoms with Crippen LogP contribution in [0.2, 0.25) is 0 Å². The predicted molar refractivity (Wildman–Crippen MR) is 169 cm³/mol. The second-order valence-electron chi connectivity index (χ2n) is 17.2. The van der Waals surface area contributed by atoms with Gasteiger partial charge in [0, 0.05) is 17.3 Å². The molecule has 2 nitrogen and oxygen atoms in total. The van der Waals surface area contributed by atoms with Crippen LogP contribution in [0.1, 0.15) is 140 Å². The smallest absolute Gasteiger partial charge is 0.155 e. The number of hydrogen-bond acceptors (Lipinski definition) is 2. The molecule has 0 aromatic heterocycles. The summed E-state index contributed by atoms with van der Waals surface area (Å²) in [6.07, 6.45) is 12.1. The number of ether oxygens (including phenoxy) is 1. The fourth-order valence-electron chi connectivity index (χ4n) is 13.5. The molecular formula is C38H66O2. The zero-order chi connectivity index (χ0) is 29.4. The molecule has 0 saturated heterocycles. The van der Waals surface area contributed by atoms with Crippen molar-refractivity contribution < 1.29 is 9.84 Å². The predicted octanol–water partition coefficient (Wildman–Crippen LogP) is 10.3. The van der Waals surface area contributed by atoms with E-state index in [0.717, 1.165) is 30.6 Å². The molecule has 0 radical (unpaired) electrons. The highest BCUT2D eigenvalue weighted by Crippen LogP contribution is 2.76. The van der Waals surface area contributed by atoms with Crippen LogP contribution in [0.15, 0.2) is 11.1 Å². The first-order chi connectivity index (χ1) is 18.7. The van der Waals surface area contributed by atoms with Crippen molar-refractivity contribution in [3.63, 3.8) is 0 Å². The van der Waals surface area contributed by atoms with E-state index < -0.39 is 6.29 Å². The highest BCUT2D eigenvalue weighted by molar-refractivity contribution is 5.32. The summed E-state index contributed by atoms with van der Waals surface area (Å²) in [5, 5.41) is 11.8. The van der Waals surface area contributed by atoms with Crippen molar-refractivity contribution in [2.45, 2.75) is 153 Å². The molecule has 4 fully saturated rings. The molecule has 0 bridgehead atoms. The van der Waals surface area contributed by atoms with E-state index in [1.807, 2.05) is 0 Å². The van der Waals surface area contributed by atoms with Gasteiger partial charge in [0.1, 0.15) is 0 Å². The van der Waals surface area contributed by atoms with Crippen LogP contribution in [-0.2, 0) is 4.74 Å². The third kappa shape index (κ3) is 4.37. The van der Waals surface area contributed by atoms with Gasteiger partial charge in [-0.15, -0.1) is 0 Å². The second-order valence-corrected chi connectivity index (χ2v) is 17.2. The Morgan fingerprint density at radius 3 is 2.15 bits per heavy atom. The minimum absolute atomic E-state index is 0.00575. The standard InChI is InChI=1S/C38H66O2/c1-22(2)32-24(4)21-36(9)35(40-31(39)20-29-17-13-12-14-18-29)37(10)26(6)30-19-15-16-23(3)33(30)25(5)34(37)28(8)38(36,11)27(32)7/h22-23,25-31,33-35,39H,12-21H2,1-11H3. The molecule has 0 aromatic rings. The van der Waals surface area contributed by atoms with Gasteiger partial charge in [-0.05, 0) is 84.4 Å². The van der Waals surface area contributed by atoms with E-state index in [2.05, 4.69) is 76.2 Å². The topological polar surface area (TPSA) is 29.5 Å². The lowest BCUT2D eigenvalue weighted by Crippen LogP contribution is -2.74. The molecule has 0 aliphatic heterocycles. The van der Waals surface area contributed by atoms with Crippen LogP contribution in [0.4, 0.5) is 0 Å². The lowest BCUT2D eigenvalue weighted by atomic mass is 9.31. The van der Waals surface area contributed by atoms with Gasteiger partial charge in [-0.1, -0.05) is 125 Å². The van der Waals surface area contributed by atoms with Crippen LogP contribution in [0.3, 0.4) is 0 Å². The molecule has 230 valence electrons. The van der Waals surface area contributed by atoms with Gasteiger partial charge in [-0.25, -0.2) is 0 Å². The number of allylic oxidation sites excluding steroid dienone is 2. The lowest BCUT2D eigenvalue weighted by Gasteiger charge is -2.75. The van der Waals surface area contributed by atoms with Gasteiger partial charge in [0.2, 0.25) is 0 Å². The molecule has 13 unspecified atom stereocenters. The first kappa shape index (κ1) is 31.1. The average Bonchev–Trinajstić information content (AvgIpc) is 2.88. The van der Waals surface area contributed by atoms with Crippen LogP contribution < -0.4 is 0 Å². The third-order valence-electron chi connectivity index (χ3n) is 15.4. The minimum atomic E-state index is -0.642. The van der Waals surface area contributed by atoms with E-state index >= 15 is 0 Å². The molecule has 5 aliphatic carbocycles. The van der Waals surface area contributed by atoms with Crippen molar-refractivity contribution in [2.75, 3.05) is 0 Å². The van der Waals surface area contributed by atoms with Gasteiger partial charge >= 0.3 is 0 Å². The summed E-state index contributed by atoms with van der Waals surface area (Å²) in [4.78, 5) is 0. The largest absolute Gasteiger partial charge is 0.368 e. The SMILES string of the molecule is CC1=C(C(C)C)C(C)C2(C)C(C)C3C(C)C4C(C)CCCC4C(C)C3(C)C(OC(O)CC3CCCCC3)C2(C)C1. The zero-order valence-corrected chi connectivity index (χ0v) is 28.4. The van der Waals surface area contributed by atoms with Crippen LogP contribution in [0, 0.1) is 75.4 Å². The molecule has 0 heterocycles. The Bertz CT molecular complexity index is 945. The van der Waals surface area contributed by atoms with E-state index in [1.54, 1.807) is 11.1 Å². The molecule has 4 saturated carbocycles. The van der Waals surface area contributed by atoms with Gasteiger partial charge in [0.25, 0.3) is 0 Å². The Morgan fingerprint density at radius 2 is 1.52 bits per heavy atom. The summed E-state index contributed by atoms with van der Waals surface area (Å²) in [5.74, 6) is 6.70. The molecule has 0 aromatic carbocycles. The third-order valence-corrected chi connectivity index (χ3v) is 15.4. The number of aliphatic hydroxyl groups is 1. The van der Waals surface area contributed by atoms with Crippen LogP contribution >= 0.6 is 0 Å². The average molecular weight is 555 g/mol. The Balaban J connectivity index is 1.64. The summed E-state index contributed by atoms with van der Waals surface area (Å²) in [6, 6.07) is 0. The number of rotatable bonds is 5. The first-order valence-electron chi connectivity index (χ1n) is 17.7. The van der Waals surface area contributed by atoms with E-state index in [9.17, 15) is 5.11 Å². The Labute approximate surface area is 248 Å². The Kier molecular flexibility index (Phi) is 8.54. The Morgan fingerprint density at radius 1 is 0.875 bits per heavy atom. The van der Waals surface area contributed by atoms with Crippen molar-refractivity contribution in [1.29, 1.82) is 0 Å². The second kappa shape index (κ2) is 11.0. The number of hydrogen-bond donors (Lipinski definition) is 1. The van der Waals surface area contributed by atoms with Crippen LogP contribution in [0.25, 0.3) is 0 Å². The van der Waals surface area contributed by atoms with Crippen molar-refractivity contribution >= 4 is 0 Å². The summed E-state index contributed by atoms with van der Waals surface area (Å²) in [7, 11) is 0. The first-order valence-corrected chi connectivity index (χ1v) is 17.7. The van der Waals surface area contributed by atoms with E-state index in [0.29, 0.717) is 41.4 Å². The van der Waals surface area contributed by atoms with Gasteiger partial charge < -0.3 is 9.84 Å². The van der Waals surface area contributed by atoms with Crippen molar-refractivity contribution in [3.05, 3.63) is 11.1 Å². The summed E-state index contributed by atoms with van der Waals surface area (Å²) >= 11 is 0. The molecule has 0 amide bonds. The highest BCUT2D eigenvalue weighted by Gasteiger charge is 2.73. The number of fused-ring (bicyclic) bond motifs is 3. The molecule has 5 rings (SSSR count). The van der Waals surface area contributed by atoms with Crippen molar-refractivity contribution in [2.24, 2.45) is 75.4 Å². The molecule has 13 atom stereocenters. The maximum Gasteiger partial charge on any atom is 0.155 e. The van der Waals surface area contributed by atoms with Crippen molar-refractivity contribution in [1.82, 2.24) is 0 Å². The minimum Gasteiger partial charge on any atom is -0.368 e. The van der Waals surface area contributed by atoms with Crippen LogP contribution in [0.5, 0.6) is 0 Å². The molecule has 1 N–H and O–H groups in total. The maximum atomic E-state index is 11.8. The highest BCUT2D eigenvalue weighted by atomic mass is 16.6. The lowest BCUT2D eigenvalue weighted by molar-refractivity contribution is -0.328. The molecular weight excluding hydrogens is 488 g/mol. The summed E-state index contributed by atoms with van der Waals surface area (Å²) < 4.78 is 7.30. The molecule has 2 heteroatoms. The van der Waals surface area contributed by atoms with E-state index in [-0.39, 0.29) is 22.3 Å². The van der Waals surface area contributed by atoms with Gasteiger partial charge in [-0.3, -0.25) is 0 Å². The molecule has 0 spiro atoms.